The van der Waals surface area contributed by atoms with E-state index in [-0.39, 0.29) is 23.3 Å². The number of nitrogens with one attached hydrogen (secondary N) is 1. The summed E-state index contributed by atoms with van der Waals surface area (Å²) in [5.74, 6) is -0.513. The molecule has 1 N–H and O–H groups in total. The van der Waals surface area contributed by atoms with Crippen LogP contribution >= 0.6 is 34.4 Å². The summed E-state index contributed by atoms with van der Waals surface area (Å²) < 4.78 is 14.9. The van der Waals surface area contributed by atoms with Crippen LogP contribution in [0.4, 0.5) is 4.39 Å². The maximum atomic E-state index is 13.4. The van der Waals surface area contributed by atoms with E-state index >= 15 is 0 Å². The van der Waals surface area contributed by atoms with Gasteiger partial charge in [-0.25, -0.2) is 9.37 Å². The third-order valence-electron chi connectivity index (χ3n) is 5.12. The van der Waals surface area contributed by atoms with Gasteiger partial charge in [-0.3, -0.25) is 14.2 Å². The van der Waals surface area contributed by atoms with Crippen molar-refractivity contribution in [2.24, 2.45) is 7.05 Å². The van der Waals surface area contributed by atoms with Gasteiger partial charge >= 0.3 is 0 Å². The standard InChI is InChI=1S/C22H18FN3O2S3/c1-26-21(28)17-15(16-3-2-10-29-16)11-30-20(17)25-22(26)31-18(19(27)24-14-8-9-14)12-4-6-13(23)7-5-12/h2-7,10-11,14,18H,8-9H2,1H3,(H,24,27). The molecule has 1 unspecified atom stereocenters. The number of nitrogens with zero attached hydrogens (tertiary/aromatic N) is 2. The highest BCUT2D eigenvalue weighted by atomic mass is 32.2. The topological polar surface area (TPSA) is 64.0 Å². The molecule has 0 aliphatic heterocycles. The molecule has 3 heterocycles. The Morgan fingerprint density at radius 2 is 2.03 bits per heavy atom. The van der Waals surface area contributed by atoms with Crippen LogP contribution in [0.1, 0.15) is 23.7 Å². The zero-order chi connectivity index (χ0) is 21.5. The summed E-state index contributed by atoms with van der Waals surface area (Å²) in [7, 11) is 1.67. The van der Waals surface area contributed by atoms with Crippen molar-refractivity contribution in [3.05, 3.63) is 68.9 Å². The average Bonchev–Trinajstić information content (AvgIpc) is 3.24. The van der Waals surface area contributed by atoms with Crippen LogP contribution in [0.2, 0.25) is 0 Å². The first-order valence-corrected chi connectivity index (χ1v) is 12.4. The Balaban J connectivity index is 1.55. The smallest absolute Gasteiger partial charge is 0.263 e. The summed E-state index contributed by atoms with van der Waals surface area (Å²) in [5, 5.41) is 7.37. The fourth-order valence-corrected chi connectivity index (χ4v) is 6.17. The number of carbonyl (C=O) groups excluding carboxylic acids is 1. The van der Waals surface area contributed by atoms with Crippen LogP contribution in [-0.4, -0.2) is 21.5 Å². The van der Waals surface area contributed by atoms with Gasteiger partial charge in [0.2, 0.25) is 5.91 Å². The van der Waals surface area contributed by atoms with Gasteiger partial charge in [0.05, 0.1) is 5.39 Å². The van der Waals surface area contributed by atoms with E-state index in [0.717, 1.165) is 23.3 Å². The number of hydrogen-bond acceptors (Lipinski definition) is 6. The maximum Gasteiger partial charge on any atom is 0.263 e. The van der Waals surface area contributed by atoms with Gasteiger partial charge in [-0.1, -0.05) is 30.0 Å². The number of amides is 1. The lowest BCUT2D eigenvalue weighted by molar-refractivity contribution is -0.120. The lowest BCUT2D eigenvalue weighted by Gasteiger charge is -2.18. The van der Waals surface area contributed by atoms with Crippen molar-refractivity contribution in [1.29, 1.82) is 0 Å². The van der Waals surface area contributed by atoms with Gasteiger partial charge in [0.1, 0.15) is 15.9 Å². The Kier molecular flexibility index (Phi) is 5.41. The number of benzene rings is 1. The van der Waals surface area contributed by atoms with Crippen molar-refractivity contribution < 1.29 is 9.18 Å². The molecule has 1 saturated carbocycles. The molecule has 1 atom stereocenters. The van der Waals surface area contributed by atoms with Gasteiger partial charge < -0.3 is 5.32 Å². The lowest BCUT2D eigenvalue weighted by atomic mass is 10.1. The second-order valence-corrected chi connectivity index (χ2v) is 10.3. The first-order chi connectivity index (χ1) is 15.0. The monoisotopic (exact) mass is 471 g/mol. The van der Waals surface area contributed by atoms with Crippen molar-refractivity contribution in [2.75, 3.05) is 0 Å². The van der Waals surface area contributed by atoms with E-state index in [4.69, 9.17) is 4.98 Å². The zero-order valence-corrected chi connectivity index (χ0v) is 19.0. The summed E-state index contributed by atoms with van der Waals surface area (Å²) in [5.41, 5.74) is 1.42. The fourth-order valence-electron chi connectivity index (χ4n) is 3.29. The van der Waals surface area contributed by atoms with E-state index in [1.807, 2.05) is 22.9 Å². The predicted molar refractivity (Wildman–Crippen MR) is 124 cm³/mol. The van der Waals surface area contributed by atoms with Crippen molar-refractivity contribution in [2.45, 2.75) is 29.3 Å². The molecule has 0 spiro atoms. The van der Waals surface area contributed by atoms with E-state index in [0.29, 0.717) is 20.9 Å². The zero-order valence-electron chi connectivity index (χ0n) is 16.5. The molecule has 1 aliphatic rings. The average molecular weight is 472 g/mol. The molecule has 1 aromatic carbocycles. The van der Waals surface area contributed by atoms with Crippen LogP contribution in [0.25, 0.3) is 20.7 Å². The van der Waals surface area contributed by atoms with Crippen molar-refractivity contribution in [1.82, 2.24) is 14.9 Å². The lowest BCUT2D eigenvalue weighted by Crippen LogP contribution is -2.30. The van der Waals surface area contributed by atoms with Gasteiger partial charge in [0, 0.05) is 28.9 Å². The van der Waals surface area contributed by atoms with Gasteiger partial charge in [-0.15, -0.1) is 22.7 Å². The Hall–Kier alpha value is -2.49. The van der Waals surface area contributed by atoms with Crippen molar-refractivity contribution in [3.63, 3.8) is 0 Å². The predicted octanol–water partition coefficient (Wildman–Crippen LogP) is 4.97. The van der Waals surface area contributed by atoms with Crippen LogP contribution in [0.5, 0.6) is 0 Å². The molecule has 4 aromatic rings. The van der Waals surface area contributed by atoms with Gasteiger partial charge in [0.15, 0.2) is 5.16 Å². The van der Waals surface area contributed by atoms with Gasteiger partial charge in [0.25, 0.3) is 5.56 Å². The summed E-state index contributed by atoms with van der Waals surface area (Å²) >= 11 is 4.22. The quantitative estimate of drug-likeness (QED) is 0.318. The molecule has 0 saturated heterocycles. The number of rotatable bonds is 6. The Labute approximate surface area is 190 Å². The van der Waals surface area contributed by atoms with Gasteiger partial charge in [-0.05, 0) is 42.0 Å². The number of aromatic nitrogens is 2. The summed E-state index contributed by atoms with van der Waals surface area (Å²) in [6.45, 7) is 0. The van der Waals surface area contributed by atoms with E-state index in [2.05, 4.69) is 5.32 Å². The number of thiophene rings is 2. The molecule has 0 radical (unpaired) electrons. The summed E-state index contributed by atoms with van der Waals surface area (Å²) in [6.07, 6.45) is 1.94. The highest BCUT2D eigenvalue weighted by Gasteiger charge is 2.30. The number of thioether (sulfide) groups is 1. The molecule has 1 fully saturated rings. The number of hydrogen-bond donors (Lipinski definition) is 1. The molecular weight excluding hydrogens is 453 g/mol. The molecule has 5 nitrogen and oxygen atoms in total. The van der Waals surface area contributed by atoms with Crippen LogP contribution in [0.15, 0.2) is 57.1 Å². The van der Waals surface area contributed by atoms with E-state index < -0.39 is 5.25 Å². The minimum Gasteiger partial charge on any atom is -0.352 e. The fraction of sp³-hybridized carbons (Fsp3) is 0.227. The minimum atomic E-state index is -0.631. The molecule has 31 heavy (non-hydrogen) atoms. The third kappa shape index (κ3) is 4.05. The molecule has 3 aromatic heterocycles. The second-order valence-electron chi connectivity index (χ2n) is 7.40. The van der Waals surface area contributed by atoms with E-state index in [9.17, 15) is 14.0 Å². The summed E-state index contributed by atoms with van der Waals surface area (Å²) in [6, 6.07) is 10.0. The van der Waals surface area contributed by atoms with E-state index in [1.165, 1.54) is 39.8 Å². The Morgan fingerprint density at radius 1 is 1.26 bits per heavy atom. The molecular formula is C22H18FN3O2S3. The van der Waals surface area contributed by atoms with E-state index in [1.54, 1.807) is 30.5 Å². The number of carbonyl (C=O) groups is 1. The first kappa shape index (κ1) is 20.4. The summed E-state index contributed by atoms with van der Waals surface area (Å²) in [4.78, 5) is 32.6. The minimum absolute atomic E-state index is 0.141. The SMILES string of the molecule is Cn1c(SC(C(=O)NC2CC2)c2ccc(F)cc2)nc2scc(-c3cccs3)c2c1=O. The molecule has 1 amide bonds. The Morgan fingerprint density at radius 3 is 2.71 bits per heavy atom. The van der Waals surface area contributed by atoms with Crippen molar-refractivity contribution in [3.8, 4) is 10.4 Å². The molecule has 1 aliphatic carbocycles. The maximum absolute atomic E-state index is 13.4. The Bertz CT molecular complexity index is 1310. The molecule has 5 rings (SSSR count). The highest BCUT2D eigenvalue weighted by Crippen LogP contribution is 2.38. The highest BCUT2D eigenvalue weighted by molar-refractivity contribution is 8.00. The van der Waals surface area contributed by atoms with Crippen LogP contribution in [0, 0.1) is 5.82 Å². The first-order valence-electron chi connectivity index (χ1n) is 9.76. The molecule has 9 heteroatoms. The molecule has 0 bridgehead atoms. The van der Waals surface area contributed by atoms with Crippen LogP contribution < -0.4 is 10.9 Å². The molecule has 158 valence electrons. The third-order valence-corrected chi connectivity index (χ3v) is 8.19. The normalized spacial score (nSPS) is 14.6. The second kappa shape index (κ2) is 8.22. The van der Waals surface area contributed by atoms with Crippen LogP contribution in [0.3, 0.4) is 0 Å². The number of fused-ring (bicyclic) bond motifs is 1. The van der Waals surface area contributed by atoms with Crippen LogP contribution in [-0.2, 0) is 11.8 Å². The largest absolute Gasteiger partial charge is 0.352 e. The van der Waals surface area contributed by atoms with Gasteiger partial charge in [-0.2, -0.15) is 0 Å². The number of halogens is 1. The van der Waals surface area contributed by atoms with Crippen molar-refractivity contribution >= 4 is 50.6 Å².